The number of nitrogens with zero attached hydrogens (tertiary/aromatic N) is 2. The van der Waals surface area contributed by atoms with E-state index < -0.39 is 0 Å². The van der Waals surface area contributed by atoms with Crippen LogP contribution in [0.2, 0.25) is 0 Å². The third-order valence-corrected chi connectivity index (χ3v) is 4.60. The molecule has 0 aliphatic rings. The van der Waals surface area contributed by atoms with Gasteiger partial charge in [0.2, 0.25) is 5.91 Å². The van der Waals surface area contributed by atoms with Crippen molar-refractivity contribution >= 4 is 11.6 Å². The van der Waals surface area contributed by atoms with Crippen molar-refractivity contribution in [2.45, 2.75) is 33.2 Å². The number of aromatic nitrogens is 2. The molecule has 27 heavy (non-hydrogen) atoms. The molecule has 0 fully saturated rings. The van der Waals surface area contributed by atoms with E-state index in [4.69, 9.17) is 0 Å². The number of rotatable bonds is 7. The molecular formula is C22H26N4O. The summed E-state index contributed by atoms with van der Waals surface area (Å²) < 4.78 is 1.90. The Morgan fingerprint density at radius 1 is 1.04 bits per heavy atom. The Morgan fingerprint density at radius 3 is 2.33 bits per heavy atom. The second-order valence-electron chi connectivity index (χ2n) is 6.69. The molecule has 2 aromatic carbocycles. The van der Waals surface area contributed by atoms with E-state index in [1.165, 1.54) is 5.56 Å². The molecule has 0 spiro atoms. The Balaban J connectivity index is 1.61. The summed E-state index contributed by atoms with van der Waals surface area (Å²) >= 11 is 0. The van der Waals surface area contributed by atoms with Crippen LogP contribution in [0.5, 0.6) is 0 Å². The lowest BCUT2D eigenvalue weighted by Gasteiger charge is -2.16. The summed E-state index contributed by atoms with van der Waals surface area (Å²) in [6, 6.07) is 19.8. The van der Waals surface area contributed by atoms with Gasteiger partial charge in [-0.3, -0.25) is 4.79 Å². The Hall–Kier alpha value is -3.08. The number of amides is 1. The number of hydrogen-bond acceptors (Lipinski definition) is 3. The van der Waals surface area contributed by atoms with E-state index in [2.05, 4.69) is 27.9 Å². The fourth-order valence-electron chi connectivity index (χ4n) is 3.08. The lowest BCUT2D eigenvalue weighted by molar-refractivity contribution is -0.121. The first-order valence-electron chi connectivity index (χ1n) is 9.26. The van der Waals surface area contributed by atoms with Gasteiger partial charge in [0.25, 0.3) is 0 Å². The quantitative estimate of drug-likeness (QED) is 0.674. The van der Waals surface area contributed by atoms with Crippen molar-refractivity contribution in [3.63, 3.8) is 0 Å². The topological polar surface area (TPSA) is 59.0 Å². The van der Waals surface area contributed by atoms with E-state index >= 15 is 0 Å². The molecule has 1 heterocycles. The second kappa shape index (κ2) is 8.54. The van der Waals surface area contributed by atoms with Gasteiger partial charge in [0.15, 0.2) is 0 Å². The molecule has 0 aliphatic carbocycles. The molecule has 3 rings (SSSR count). The van der Waals surface area contributed by atoms with Crippen LogP contribution in [0.1, 0.15) is 23.9 Å². The summed E-state index contributed by atoms with van der Waals surface area (Å²) in [7, 11) is 0. The number of carbonyl (C=O) groups excluding carboxylic acids is 1. The summed E-state index contributed by atoms with van der Waals surface area (Å²) in [5.41, 5.74) is 4.99. The molecule has 0 bridgehead atoms. The lowest BCUT2D eigenvalue weighted by atomic mass is 10.1. The van der Waals surface area contributed by atoms with Crippen molar-refractivity contribution in [3.05, 3.63) is 77.6 Å². The smallest absolute Gasteiger partial charge is 0.242 e. The summed E-state index contributed by atoms with van der Waals surface area (Å²) in [6.07, 6.45) is 0.823. The Labute approximate surface area is 160 Å². The lowest BCUT2D eigenvalue weighted by Crippen LogP contribution is -2.38. The summed E-state index contributed by atoms with van der Waals surface area (Å²) in [5, 5.41) is 10.9. The number of benzene rings is 2. The van der Waals surface area contributed by atoms with Gasteiger partial charge in [-0.1, -0.05) is 48.5 Å². The molecule has 1 amide bonds. The van der Waals surface area contributed by atoms with Crippen LogP contribution in [-0.2, 0) is 11.2 Å². The number of anilines is 1. The van der Waals surface area contributed by atoms with E-state index in [1.807, 2.05) is 74.0 Å². The van der Waals surface area contributed by atoms with E-state index in [9.17, 15) is 4.79 Å². The molecule has 1 unspecified atom stereocenters. The molecule has 1 aromatic heterocycles. The van der Waals surface area contributed by atoms with Gasteiger partial charge in [-0.2, -0.15) is 5.10 Å². The normalized spacial score (nSPS) is 11.8. The molecule has 2 N–H and O–H groups in total. The standard InChI is InChI=1S/C22H26N4O/c1-16-21(18(3)26(25-16)20-12-8-5-9-13-20)24-17(2)22(27)23-15-14-19-10-6-4-7-11-19/h4-13,17,24H,14-15H2,1-3H3,(H,23,27). The monoisotopic (exact) mass is 362 g/mol. The van der Waals surface area contributed by atoms with Crippen LogP contribution in [0.15, 0.2) is 60.7 Å². The highest BCUT2D eigenvalue weighted by atomic mass is 16.2. The zero-order valence-electron chi connectivity index (χ0n) is 16.1. The van der Waals surface area contributed by atoms with Gasteiger partial charge in [0.1, 0.15) is 6.04 Å². The predicted octanol–water partition coefficient (Wildman–Crippen LogP) is 3.65. The molecule has 0 saturated carbocycles. The van der Waals surface area contributed by atoms with Crippen LogP contribution in [0.25, 0.3) is 5.69 Å². The molecule has 140 valence electrons. The van der Waals surface area contributed by atoms with Crippen LogP contribution >= 0.6 is 0 Å². The average molecular weight is 362 g/mol. The minimum Gasteiger partial charge on any atom is -0.371 e. The van der Waals surface area contributed by atoms with Crippen LogP contribution in [0.4, 0.5) is 5.69 Å². The maximum atomic E-state index is 12.4. The first-order valence-corrected chi connectivity index (χ1v) is 9.26. The molecule has 5 heteroatoms. The van der Waals surface area contributed by atoms with Gasteiger partial charge in [0.05, 0.1) is 22.8 Å². The minimum absolute atomic E-state index is 0.0165. The van der Waals surface area contributed by atoms with Gasteiger partial charge in [-0.25, -0.2) is 4.68 Å². The fourth-order valence-corrected chi connectivity index (χ4v) is 3.08. The predicted molar refractivity (Wildman–Crippen MR) is 109 cm³/mol. The molecule has 3 aromatic rings. The van der Waals surface area contributed by atoms with E-state index in [1.54, 1.807) is 0 Å². The second-order valence-corrected chi connectivity index (χ2v) is 6.69. The van der Waals surface area contributed by atoms with Gasteiger partial charge in [-0.05, 0) is 44.9 Å². The molecule has 0 radical (unpaired) electrons. The molecule has 5 nitrogen and oxygen atoms in total. The number of nitrogens with one attached hydrogen (secondary N) is 2. The number of para-hydroxylation sites is 1. The zero-order chi connectivity index (χ0) is 19.2. The number of carbonyl (C=O) groups is 1. The van der Waals surface area contributed by atoms with Crippen molar-refractivity contribution in [3.8, 4) is 5.69 Å². The SMILES string of the molecule is Cc1nn(-c2ccccc2)c(C)c1NC(C)C(=O)NCCc1ccccc1. The number of aryl methyl sites for hydroxylation is 1. The molecular weight excluding hydrogens is 336 g/mol. The van der Waals surface area contributed by atoms with Crippen molar-refractivity contribution in [2.75, 3.05) is 11.9 Å². The molecule has 1 atom stereocenters. The van der Waals surface area contributed by atoms with Crippen molar-refractivity contribution < 1.29 is 4.79 Å². The third kappa shape index (κ3) is 4.56. The maximum absolute atomic E-state index is 12.4. The van der Waals surface area contributed by atoms with Crippen molar-refractivity contribution in [1.29, 1.82) is 0 Å². The van der Waals surface area contributed by atoms with Gasteiger partial charge in [0, 0.05) is 6.54 Å². The average Bonchev–Trinajstić information content (AvgIpc) is 2.97. The molecule has 0 aliphatic heterocycles. The summed E-state index contributed by atoms with van der Waals surface area (Å²) in [6.45, 7) is 6.46. The van der Waals surface area contributed by atoms with E-state index in [-0.39, 0.29) is 11.9 Å². The highest BCUT2D eigenvalue weighted by Gasteiger charge is 2.18. The van der Waals surface area contributed by atoms with Gasteiger partial charge >= 0.3 is 0 Å². The first-order chi connectivity index (χ1) is 13.1. The van der Waals surface area contributed by atoms with Crippen LogP contribution in [0, 0.1) is 13.8 Å². The largest absolute Gasteiger partial charge is 0.371 e. The third-order valence-electron chi connectivity index (χ3n) is 4.60. The van der Waals surface area contributed by atoms with Crippen LogP contribution in [-0.4, -0.2) is 28.3 Å². The van der Waals surface area contributed by atoms with Crippen molar-refractivity contribution in [1.82, 2.24) is 15.1 Å². The molecule has 0 saturated heterocycles. The van der Waals surface area contributed by atoms with E-state index in [0.717, 1.165) is 29.2 Å². The summed E-state index contributed by atoms with van der Waals surface area (Å²) in [5.74, 6) is -0.0165. The van der Waals surface area contributed by atoms with Crippen LogP contribution in [0.3, 0.4) is 0 Å². The Morgan fingerprint density at radius 2 is 1.67 bits per heavy atom. The highest BCUT2D eigenvalue weighted by Crippen LogP contribution is 2.23. The minimum atomic E-state index is -0.341. The van der Waals surface area contributed by atoms with E-state index in [0.29, 0.717) is 6.54 Å². The fraction of sp³-hybridized carbons (Fsp3) is 0.273. The summed E-state index contributed by atoms with van der Waals surface area (Å²) in [4.78, 5) is 12.4. The first kappa shape index (κ1) is 18.7. The van der Waals surface area contributed by atoms with Gasteiger partial charge in [-0.15, -0.1) is 0 Å². The van der Waals surface area contributed by atoms with Gasteiger partial charge < -0.3 is 10.6 Å². The van der Waals surface area contributed by atoms with Crippen molar-refractivity contribution in [2.24, 2.45) is 0 Å². The Bertz CT molecular complexity index is 887. The highest BCUT2D eigenvalue weighted by molar-refractivity contribution is 5.84. The number of hydrogen-bond donors (Lipinski definition) is 2. The Kier molecular flexibility index (Phi) is 5.91. The van der Waals surface area contributed by atoms with Crippen LogP contribution < -0.4 is 10.6 Å². The maximum Gasteiger partial charge on any atom is 0.242 e. The zero-order valence-corrected chi connectivity index (χ0v) is 16.1.